The molecule has 126 valence electrons. The van der Waals surface area contributed by atoms with Gasteiger partial charge in [0.1, 0.15) is 5.82 Å². The first-order valence-electron chi connectivity index (χ1n) is 8.36. The normalized spacial score (nSPS) is 17.2. The first kappa shape index (κ1) is 15.6. The van der Waals surface area contributed by atoms with Gasteiger partial charge in [0.05, 0.1) is 6.20 Å². The number of H-pyrrole nitrogens is 1. The molecule has 1 saturated heterocycles. The van der Waals surface area contributed by atoms with Crippen molar-refractivity contribution in [3.63, 3.8) is 0 Å². The molecule has 1 atom stereocenters. The standard InChI is InChI=1S/C20H18FN3O/c21-18-3-1-2-14(11-18)10-16-8-9-24(20(16)25)19-6-4-15(5-7-19)17-12-22-23-13-17/h1-7,11-13,16H,8-10H2,(H,22,23). The van der Waals surface area contributed by atoms with Crippen LogP contribution in [-0.4, -0.2) is 22.6 Å². The molecular formula is C20H18FN3O. The Morgan fingerprint density at radius 3 is 2.72 bits per heavy atom. The molecular weight excluding hydrogens is 317 g/mol. The lowest BCUT2D eigenvalue weighted by Gasteiger charge is -2.17. The van der Waals surface area contributed by atoms with Crippen molar-refractivity contribution in [3.8, 4) is 11.1 Å². The van der Waals surface area contributed by atoms with Crippen LogP contribution in [-0.2, 0) is 11.2 Å². The molecule has 0 bridgehead atoms. The summed E-state index contributed by atoms with van der Waals surface area (Å²) in [6, 6.07) is 14.4. The summed E-state index contributed by atoms with van der Waals surface area (Å²) >= 11 is 0. The number of carbonyl (C=O) groups is 1. The molecule has 0 aliphatic carbocycles. The van der Waals surface area contributed by atoms with E-state index in [9.17, 15) is 9.18 Å². The summed E-state index contributed by atoms with van der Waals surface area (Å²) in [6.07, 6.45) is 4.98. The zero-order valence-corrected chi connectivity index (χ0v) is 13.7. The Kier molecular flexibility index (Phi) is 4.06. The Balaban J connectivity index is 1.48. The molecule has 0 radical (unpaired) electrons. The van der Waals surface area contributed by atoms with Gasteiger partial charge in [0.2, 0.25) is 5.91 Å². The third-order valence-electron chi connectivity index (χ3n) is 4.70. The van der Waals surface area contributed by atoms with Crippen LogP contribution < -0.4 is 4.90 Å². The smallest absolute Gasteiger partial charge is 0.230 e. The van der Waals surface area contributed by atoms with Crippen LogP contribution in [0.2, 0.25) is 0 Å². The molecule has 1 N–H and O–H groups in total. The van der Waals surface area contributed by atoms with Crippen LogP contribution >= 0.6 is 0 Å². The molecule has 25 heavy (non-hydrogen) atoms. The Bertz CT molecular complexity index is 874. The fourth-order valence-electron chi connectivity index (χ4n) is 3.38. The van der Waals surface area contributed by atoms with Gasteiger partial charge in [-0.2, -0.15) is 5.10 Å². The largest absolute Gasteiger partial charge is 0.312 e. The van der Waals surface area contributed by atoms with E-state index in [1.165, 1.54) is 12.1 Å². The van der Waals surface area contributed by atoms with E-state index in [2.05, 4.69) is 10.2 Å². The van der Waals surface area contributed by atoms with Gasteiger partial charge in [0.25, 0.3) is 0 Å². The fraction of sp³-hybridized carbons (Fsp3) is 0.200. The fourth-order valence-corrected chi connectivity index (χ4v) is 3.38. The Morgan fingerprint density at radius 1 is 1.16 bits per heavy atom. The van der Waals surface area contributed by atoms with E-state index in [0.29, 0.717) is 13.0 Å². The topological polar surface area (TPSA) is 49.0 Å². The highest BCUT2D eigenvalue weighted by Gasteiger charge is 2.32. The van der Waals surface area contributed by atoms with E-state index in [-0.39, 0.29) is 17.6 Å². The van der Waals surface area contributed by atoms with E-state index in [0.717, 1.165) is 28.8 Å². The van der Waals surface area contributed by atoms with Gasteiger partial charge in [-0.25, -0.2) is 4.39 Å². The molecule has 1 unspecified atom stereocenters. The molecule has 1 fully saturated rings. The maximum atomic E-state index is 13.3. The van der Waals surface area contributed by atoms with Crippen LogP contribution in [0.3, 0.4) is 0 Å². The quantitative estimate of drug-likeness (QED) is 0.788. The van der Waals surface area contributed by atoms with Gasteiger partial charge in [-0.1, -0.05) is 24.3 Å². The van der Waals surface area contributed by atoms with Crippen molar-refractivity contribution in [1.29, 1.82) is 0 Å². The molecule has 1 aliphatic heterocycles. The molecule has 2 aromatic carbocycles. The second kappa shape index (κ2) is 6.51. The number of anilines is 1. The van der Waals surface area contributed by atoms with E-state index in [4.69, 9.17) is 0 Å². The van der Waals surface area contributed by atoms with E-state index in [1.54, 1.807) is 12.3 Å². The monoisotopic (exact) mass is 335 g/mol. The second-order valence-corrected chi connectivity index (χ2v) is 6.34. The summed E-state index contributed by atoms with van der Waals surface area (Å²) in [5.74, 6) is -0.231. The molecule has 2 heterocycles. The Hall–Kier alpha value is -2.95. The van der Waals surface area contributed by atoms with E-state index >= 15 is 0 Å². The molecule has 0 saturated carbocycles. The third-order valence-corrected chi connectivity index (χ3v) is 4.70. The number of hydrogen-bond donors (Lipinski definition) is 1. The highest BCUT2D eigenvalue weighted by molar-refractivity contribution is 5.97. The van der Waals surface area contributed by atoms with E-state index in [1.807, 2.05) is 41.4 Å². The van der Waals surface area contributed by atoms with Crippen LogP contribution in [0.1, 0.15) is 12.0 Å². The van der Waals surface area contributed by atoms with Crippen LogP contribution in [0.15, 0.2) is 60.9 Å². The summed E-state index contributed by atoms with van der Waals surface area (Å²) in [5, 5.41) is 6.75. The molecule has 1 aliphatic rings. The van der Waals surface area contributed by atoms with Crippen molar-refractivity contribution < 1.29 is 9.18 Å². The number of nitrogens with zero attached hydrogens (tertiary/aromatic N) is 2. The van der Waals surface area contributed by atoms with Crippen molar-refractivity contribution in [3.05, 3.63) is 72.3 Å². The van der Waals surface area contributed by atoms with Gasteiger partial charge in [0.15, 0.2) is 0 Å². The minimum Gasteiger partial charge on any atom is -0.312 e. The van der Waals surface area contributed by atoms with Crippen LogP contribution in [0, 0.1) is 11.7 Å². The number of carbonyl (C=O) groups excluding carboxylic acids is 1. The van der Waals surface area contributed by atoms with Gasteiger partial charge in [0, 0.05) is 29.9 Å². The van der Waals surface area contributed by atoms with Crippen molar-refractivity contribution in [2.75, 3.05) is 11.4 Å². The predicted molar refractivity (Wildman–Crippen MR) is 94.6 cm³/mol. The van der Waals surface area contributed by atoms with Crippen LogP contribution in [0.5, 0.6) is 0 Å². The molecule has 1 amide bonds. The minimum atomic E-state index is -0.255. The molecule has 4 rings (SSSR count). The maximum absolute atomic E-state index is 13.3. The highest BCUT2D eigenvalue weighted by atomic mass is 19.1. The third kappa shape index (κ3) is 3.18. The highest BCUT2D eigenvalue weighted by Crippen LogP contribution is 2.29. The van der Waals surface area contributed by atoms with Crippen molar-refractivity contribution >= 4 is 11.6 Å². The average molecular weight is 335 g/mol. The lowest BCUT2D eigenvalue weighted by Crippen LogP contribution is -2.27. The SMILES string of the molecule is O=C1C(Cc2cccc(F)c2)CCN1c1ccc(-c2cn[nH]c2)cc1. The number of halogens is 1. The van der Waals surface area contributed by atoms with Gasteiger partial charge >= 0.3 is 0 Å². The van der Waals surface area contributed by atoms with Gasteiger partial charge in [-0.3, -0.25) is 9.89 Å². The summed E-state index contributed by atoms with van der Waals surface area (Å²) in [7, 11) is 0. The zero-order chi connectivity index (χ0) is 17.2. The van der Waals surface area contributed by atoms with Gasteiger partial charge < -0.3 is 4.90 Å². The molecule has 0 spiro atoms. The molecule has 1 aromatic heterocycles. The average Bonchev–Trinajstić information content (AvgIpc) is 3.27. The maximum Gasteiger partial charge on any atom is 0.230 e. The van der Waals surface area contributed by atoms with Crippen molar-refractivity contribution in [2.24, 2.45) is 5.92 Å². The lowest BCUT2D eigenvalue weighted by atomic mass is 9.98. The minimum absolute atomic E-state index is 0.0876. The first-order chi connectivity index (χ1) is 12.2. The Morgan fingerprint density at radius 2 is 2.00 bits per heavy atom. The van der Waals surface area contributed by atoms with Crippen LogP contribution in [0.25, 0.3) is 11.1 Å². The van der Waals surface area contributed by atoms with Crippen molar-refractivity contribution in [2.45, 2.75) is 12.8 Å². The summed E-state index contributed by atoms with van der Waals surface area (Å²) in [4.78, 5) is 14.5. The van der Waals surface area contributed by atoms with Crippen LogP contribution in [0.4, 0.5) is 10.1 Å². The van der Waals surface area contributed by atoms with Gasteiger partial charge in [-0.05, 0) is 48.2 Å². The van der Waals surface area contributed by atoms with Gasteiger partial charge in [-0.15, -0.1) is 0 Å². The molecule has 5 heteroatoms. The number of nitrogens with one attached hydrogen (secondary N) is 1. The number of rotatable bonds is 4. The predicted octanol–water partition coefficient (Wildman–Crippen LogP) is 3.81. The van der Waals surface area contributed by atoms with Crippen molar-refractivity contribution in [1.82, 2.24) is 10.2 Å². The number of aromatic amines is 1. The van der Waals surface area contributed by atoms with E-state index < -0.39 is 0 Å². The number of aromatic nitrogens is 2. The molecule has 4 nitrogen and oxygen atoms in total. The summed E-state index contributed by atoms with van der Waals surface area (Å²) < 4.78 is 13.3. The zero-order valence-electron chi connectivity index (χ0n) is 13.7. The summed E-state index contributed by atoms with van der Waals surface area (Å²) in [6.45, 7) is 0.698. The Labute approximate surface area is 145 Å². The first-order valence-corrected chi connectivity index (χ1v) is 8.36. The number of benzene rings is 2. The molecule has 3 aromatic rings. The second-order valence-electron chi connectivity index (χ2n) is 6.34. The number of amides is 1. The lowest BCUT2D eigenvalue weighted by molar-refractivity contribution is -0.120. The number of hydrogen-bond acceptors (Lipinski definition) is 2. The summed E-state index contributed by atoms with van der Waals surface area (Å²) in [5.41, 5.74) is 3.85.